The monoisotopic (exact) mass is 1960 g/mol. The van der Waals surface area contributed by atoms with Gasteiger partial charge in [0.05, 0.1) is 9.90 Å². The molecule has 5 aliphatic rings. The molecule has 4 aromatic carbocycles. The fraction of sp³-hybridized carbons (Fsp3) is 0.514. The molecule has 0 aliphatic carbocycles. The number of benzene rings is 4. The van der Waals surface area contributed by atoms with Crippen LogP contribution in [0.1, 0.15) is 240 Å². The summed E-state index contributed by atoms with van der Waals surface area (Å²) in [6, 6.07) is 27.3. The zero-order chi connectivity index (χ0) is 101. The van der Waals surface area contributed by atoms with Crippen molar-refractivity contribution >= 4 is 51.9 Å². The highest BCUT2D eigenvalue weighted by Crippen LogP contribution is 2.35. The Morgan fingerprint density at radius 3 is 0.986 bits per heavy atom. The number of likely N-dealkylation sites (tertiary alicyclic amines) is 5. The fourth-order valence-electron chi connectivity index (χ4n) is 17.2. The molecule has 0 unspecified atom stereocenters. The number of hydrogen-bond donors (Lipinski definition) is 0. The van der Waals surface area contributed by atoms with Crippen molar-refractivity contribution < 1.29 is 65.2 Å². The van der Waals surface area contributed by atoms with Crippen molar-refractivity contribution in [2.24, 2.45) is 29.6 Å². The van der Waals surface area contributed by atoms with Gasteiger partial charge in [-0.1, -0.05) is 84.4 Å². The molecule has 5 saturated heterocycles. The van der Waals surface area contributed by atoms with Crippen molar-refractivity contribution in [3.05, 3.63) is 254 Å². The Kier molecular flexibility index (Phi) is 40.5. The topological polar surface area (TPSA) is 277 Å². The van der Waals surface area contributed by atoms with E-state index >= 15 is 0 Å². The Bertz CT molecular complexity index is 5650. The normalized spacial score (nSPS) is 16.2. The molecular formula is C109H140ClF4N15O10S. The molecule has 11 heterocycles. The molecule has 0 atom stereocenters. The van der Waals surface area contributed by atoms with Gasteiger partial charge in [0.2, 0.25) is 29.4 Å². The number of Topliss-reactive ketones (excluding diaryl/α,β-unsaturated/α-hetero) is 5. The van der Waals surface area contributed by atoms with Gasteiger partial charge in [0.1, 0.15) is 91.2 Å². The van der Waals surface area contributed by atoms with Crippen LogP contribution < -0.4 is 23.7 Å². The maximum absolute atomic E-state index is 13.8. The summed E-state index contributed by atoms with van der Waals surface area (Å²) in [4.78, 5) is 119. The number of halogens is 5. The number of aryl methyl sites for hydroxylation is 1. The van der Waals surface area contributed by atoms with Crippen molar-refractivity contribution in [1.29, 1.82) is 0 Å². The van der Waals surface area contributed by atoms with E-state index in [-0.39, 0.29) is 93.0 Å². The van der Waals surface area contributed by atoms with Crippen LogP contribution in [0.4, 0.5) is 17.6 Å². The molecule has 0 amide bonds. The minimum Gasteiger partial charge on any atom is -0.471 e. The standard InChI is InChI=1S/C23H31N3O2.2C22H27F2N3O2.C22H29N3O2.C20H26ClN3O2S/c1-17-7-5-6-8-19(17)15-21(27)18-9-13-26(14-10-18)16-20-22(25-12-11-24-20)28-23(2,3)4;1-22(2,3)29-21-19(25-8-9-26-21)14-27-10-6-15(7-11-27)20(28)12-16-4-5-17(23)13-18(16)24;1-22(2,3)29-21-18(25-9-10-26-21)14-27-11-7-15(8-12-27)19(28)13-16-5-4-6-17(23)20(16)24;1-22(2,3)27-21-19(23-11-12-24-21)16-25-13-9-18(10-14-25)20(26)15-17-7-5-4-6-8-17;1-20(2,3)26-19-16(22-7-8-23-19)13-24-9-4-14(5-10-24)12-17(25)18-15(21)6-11-27-18/h5-8,11-12,18H,9-10,13-16H2,1-4H3;4-5,8-9,13,15H,6-7,10-12,14H2,1-3H3;4-6,9-10,15H,7-8,11-14H2,1-3H3;4-8,11-12,18H,9-10,13-16H2,1-3H3;6-8,11,14H,4-5,9-10,12-13H2,1-3H3. The average Bonchev–Trinajstić information content (AvgIpc) is 1.30. The Morgan fingerprint density at radius 2 is 0.657 bits per heavy atom. The van der Waals surface area contributed by atoms with E-state index in [1.807, 2.05) is 152 Å². The molecule has 10 aromatic rings. The van der Waals surface area contributed by atoms with Gasteiger partial charge in [0.25, 0.3) is 0 Å². The maximum atomic E-state index is 13.8. The summed E-state index contributed by atoms with van der Waals surface area (Å²) in [7, 11) is 0. The van der Waals surface area contributed by atoms with Crippen LogP contribution in [0, 0.1) is 59.8 Å². The third-order valence-electron chi connectivity index (χ3n) is 24.4. The van der Waals surface area contributed by atoms with Gasteiger partial charge >= 0.3 is 0 Å². The number of rotatable bonds is 30. The third-order valence-corrected chi connectivity index (χ3v) is 25.8. The molecule has 0 N–H and O–H groups in total. The SMILES string of the molecule is CC(C)(C)Oc1nccnc1CN1CCC(C(=O)Cc2ccc(F)cc2F)CC1.CC(C)(C)Oc1nccnc1CN1CCC(C(=O)Cc2cccc(F)c2F)CC1.CC(C)(C)Oc1nccnc1CN1CCC(C(=O)Cc2ccccc2)CC1.CC(C)(C)Oc1nccnc1CN1CCC(CC(=O)c2sccc2Cl)CC1.Cc1ccccc1CC(=O)C1CCN(Cc2nccnc2OC(C)(C)C)CC1. The average molecular weight is 1960 g/mol. The lowest BCUT2D eigenvalue weighted by Crippen LogP contribution is -2.37. The molecule has 31 heteroatoms. The highest BCUT2D eigenvalue weighted by Gasteiger charge is 2.35. The van der Waals surface area contributed by atoms with Gasteiger partial charge < -0.3 is 23.7 Å². The Labute approximate surface area is 832 Å². The van der Waals surface area contributed by atoms with E-state index < -0.39 is 23.3 Å². The summed E-state index contributed by atoms with van der Waals surface area (Å²) in [5, 5.41) is 2.45. The summed E-state index contributed by atoms with van der Waals surface area (Å²) < 4.78 is 83.7. The third kappa shape index (κ3) is 36.6. The van der Waals surface area contributed by atoms with E-state index in [1.54, 1.807) is 68.0 Å². The fourth-order valence-corrected chi connectivity index (χ4v) is 18.3. The van der Waals surface area contributed by atoms with Gasteiger partial charge in [0.15, 0.2) is 17.4 Å². The highest BCUT2D eigenvalue weighted by molar-refractivity contribution is 7.12. The molecular weight excluding hydrogens is 1820 g/mol. The largest absolute Gasteiger partial charge is 0.471 e. The summed E-state index contributed by atoms with van der Waals surface area (Å²) in [6.07, 6.45) is 26.7. The summed E-state index contributed by atoms with van der Waals surface area (Å²) >= 11 is 7.52. The first-order valence-electron chi connectivity index (χ1n) is 48.9. The lowest BCUT2D eigenvalue weighted by molar-refractivity contribution is -0.124. The van der Waals surface area contributed by atoms with Crippen LogP contribution in [-0.4, -0.2) is 197 Å². The number of carbonyl (C=O) groups excluding carboxylic acids is 5. The van der Waals surface area contributed by atoms with Crippen LogP contribution in [0.2, 0.25) is 5.02 Å². The number of piperidine rings is 5. The Balaban J connectivity index is 0.000000167. The molecule has 25 nitrogen and oxygen atoms in total. The van der Waals surface area contributed by atoms with E-state index in [9.17, 15) is 41.5 Å². The lowest BCUT2D eigenvalue weighted by atomic mass is 9.88. The molecule has 5 fully saturated rings. The van der Waals surface area contributed by atoms with E-state index in [1.165, 1.54) is 41.2 Å². The van der Waals surface area contributed by atoms with Gasteiger partial charge in [-0.15, -0.1) is 11.3 Å². The minimum absolute atomic E-state index is 0.00448. The number of aromatic nitrogens is 10. The molecule has 5 aliphatic heterocycles. The van der Waals surface area contributed by atoms with Crippen LogP contribution in [0.15, 0.2) is 164 Å². The number of ether oxygens (including phenoxy) is 5. The predicted octanol–water partition coefficient (Wildman–Crippen LogP) is 20.4. The van der Waals surface area contributed by atoms with Crippen molar-refractivity contribution in [3.8, 4) is 29.4 Å². The van der Waals surface area contributed by atoms with Crippen LogP contribution in [-0.2, 0) is 77.6 Å². The van der Waals surface area contributed by atoms with Gasteiger partial charge in [-0.2, -0.15) is 0 Å². The smallest absolute Gasteiger partial charge is 0.237 e. The summed E-state index contributed by atoms with van der Waals surface area (Å²) in [5.74, 6) is 1.09. The zero-order valence-corrected chi connectivity index (χ0v) is 85.8. The molecule has 0 bridgehead atoms. The van der Waals surface area contributed by atoms with Crippen LogP contribution in [0.25, 0.3) is 0 Å². The number of carbonyl (C=O) groups is 5. The lowest BCUT2D eigenvalue weighted by Gasteiger charge is -2.32. The summed E-state index contributed by atoms with van der Waals surface area (Å²) in [5.41, 5.74) is 6.34. The second-order valence-corrected chi connectivity index (χ2v) is 43.0. The first kappa shape index (κ1) is 110. The van der Waals surface area contributed by atoms with Crippen LogP contribution in [0.5, 0.6) is 29.4 Å². The number of nitrogens with zero attached hydrogens (tertiary/aromatic N) is 15. The van der Waals surface area contributed by atoms with Gasteiger partial charge in [-0.3, -0.25) is 73.4 Å². The van der Waals surface area contributed by atoms with E-state index in [0.717, 1.165) is 162 Å². The Hall–Kier alpha value is -10.9. The number of thiophene rings is 1. The van der Waals surface area contributed by atoms with Crippen LogP contribution in [0.3, 0.4) is 0 Å². The van der Waals surface area contributed by atoms with Gasteiger partial charge in [-0.05, 0) is 298 Å². The number of ketones is 5. The van der Waals surface area contributed by atoms with E-state index in [0.29, 0.717) is 128 Å². The minimum atomic E-state index is -0.924. The number of hydrogen-bond acceptors (Lipinski definition) is 26. The second kappa shape index (κ2) is 51.7. The molecule has 0 saturated carbocycles. The molecule has 0 spiro atoms. The first-order chi connectivity index (χ1) is 66.5. The van der Waals surface area contributed by atoms with E-state index in [4.69, 9.17) is 35.3 Å². The van der Waals surface area contributed by atoms with Crippen LogP contribution >= 0.6 is 22.9 Å². The Morgan fingerprint density at radius 1 is 0.350 bits per heavy atom. The van der Waals surface area contributed by atoms with Crippen molar-refractivity contribution in [1.82, 2.24) is 74.3 Å². The second-order valence-electron chi connectivity index (χ2n) is 41.7. The molecule has 15 rings (SSSR count). The molecule has 6 aromatic heterocycles. The molecule has 0 radical (unpaired) electrons. The van der Waals surface area contributed by atoms with E-state index in [2.05, 4.69) is 93.4 Å². The first-order valence-corrected chi connectivity index (χ1v) is 50.1. The van der Waals surface area contributed by atoms with Gasteiger partial charge in [-0.25, -0.2) is 42.5 Å². The quantitative estimate of drug-likeness (QED) is 0.0299. The molecule has 140 heavy (non-hydrogen) atoms. The zero-order valence-electron chi connectivity index (χ0n) is 84.3. The van der Waals surface area contributed by atoms with Gasteiger partial charge in [0, 0.05) is 157 Å². The van der Waals surface area contributed by atoms with Crippen molar-refractivity contribution in [3.63, 3.8) is 0 Å². The van der Waals surface area contributed by atoms with Crippen molar-refractivity contribution in [2.45, 2.75) is 268 Å². The molecule has 752 valence electrons. The van der Waals surface area contributed by atoms with Crippen molar-refractivity contribution in [2.75, 3.05) is 65.4 Å². The highest BCUT2D eigenvalue weighted by atomic mass is 35.5. The summed E-state index contributed by atoms with van der Waals surface area (Å²) in [6.45, 7) is 43.7. The maximum Gasteiger partial charge on any atom is 0.237 e. The predicted molar refractivity (Wildman–Crippen MR) is 536 cm³/mol.